The molecule has 1 aliphatic carbocycles. The molecule has 5 rings (SSSR count). The lowest BCUT2D eigenvalue weighted by Gasteiger charge is -2.37. The molecule has 1 aromatic heterocycles. The zero-order valence-corrected chi connectivity index (χ0v) is 20.0. The van der Waals surface area contributed by atoms with Crippen molar-refractivity contribution in [1.29, 1.82) is 0 Å². The minimum atomic E-state index is -0.436. The van der Waals surface area contributed by atoms with E-state index in [9.17, 15) is 14.0 Å². The summed E-state index contributed by atoms with van der Waals surface area (Å²) in [6, 6.07) is 14.8. The molecule has 5 nitrogen and oxygen atoms in total. The Labute approximate surface area is 206 Å². The Morgan fingerprint density at radius 3 is 2.74 bits per heavy atom. The number of nitrogens with zero attached hydrogens (tertiary/aromatic N) is 2. The Balaban J connectivity index is 1.35. The molecule has 8 heteroatoms. The number of thiophene rings is 1. The Morgan fingerprint density at radius 1 is 1.15 bits per heavy atom. The third-order valence-electron chi connectivity index (χ3n) is 6.27. The zero-order chi connectivity index (χ0) is 23.7. The SMILES string of the molecule is O=C(c1cccc(Cl)c1)N(CC(=O)N1CCc2sccc2C1COc1ccccc1F)C1CC1. The lowest BCUT2D eigenvalue weighted by Crippen LogP contribution is -2.48. The molecule has 0 bridgehead atoms. The molecule has 0 radical (unpaired) electrons. The fraction of sp³-hybridized carbons (Fsp3) is 0.308. The molecule has 176 valence electrons. The molecular formula is C26H24ClFN2O3S. The highest BCUT2D eigenvalue weighted by Crippen LogP contribution is 2.35. The lowest BCUT2D eigenvalue weighted by molar-refractivity contribution is -0.135. The van der Waals surface area contributed by atoms with Gasteiger partial charge >= 0.3 is 0 Å². The standard InChI is InChI=1S/C26H24ClFN2O3S/c27-18-5-3-4-17(14-18)26(32)30(19-8-9-19)15-25(31)29-12-10-24-20(11-13-34-24)22(29)16-33-23-7-2-1-6-21(23)28/h1-7,11,13-14,19,22H,8-10,12,15-16H2. The van der Waals surface area contributed by atoms with Crippen molar-refractivity contribution in [3.63, 3.8) is 0 Å². The van der Waals surface area contributed by atoms with Gasteiger partial charge in [0.2, 0.25) is 5.91 Å². The van der Waals surface area contributed by atoms with Crippen LogP contribution >= 0.6 is 22.9 Å². The van der Waals surface area contributed by atoms with E-state index in [1.165, 1.54) is 10.9 Å². The van der Waals surface area contributed by atoms with Crippen molar-refractivity contribution in [3.05, 3.63) is 86.8 Å². The summed E-state index contributed by atoms with van der Waals surface area (Å²) in [6.07, 6.45) is 2.52. The number of hydrogen-bond donors (Lipinski definition) is 0. The molecule has 3 aromatic rings. The molecule has 34 heavy (non-hydrogen) atoms. The zero-order valence-electron chi connectivity index (χ0n) is 18.5. The summed E-state index contributed by atoms with van der Waals surface area (Å²) in [5.74, 6) is -0.603. The maximum Gasteiger partial charge on any atom is 0.254 e. The highest BCUT2D eigenvalue weighted by atomic mass is 35.5. The minimum absolute atomic E-state index is 0.00825. The second kappa shape index (κ2) is 9.76. The first-order valence-corrected chi connectivity index (χ1v) is 12.6. The number of rotatable bonds is 7. The van der Waals surface area contributed by atoms with Gasteiger partial charge in [-0.05, 0) is 66.6 Å². The molecule has 2 aliphatic rings. The van der Waals surface area contributed by atoms with Gasteiger partial charge in [-0.25, -0.2) is 4.39 Å². The van der Waals surface area contributed by atoms with Gasteiger partial charge in [-0.1, -0.05) is 29.8 Å². The fourth-order valence-corrected chi connectivity index (χ4v) is 5.50. The van der Waals surface area contributed by atoms with E-state index in [1.807, 2.05) is 11.4 Å². The molecule has 2 aromatic carbocycles. The van der Waals surface area contributed by atoms with Crippen LogP contribution in [0.15, 0.2) is 60.0 Å². The first-order valence-electron chi connectivity index (χ1n) is 11.3. The van der Waals surface area contributed by atoms with Crippen molar-refractivity contribution in [1.82, 2.24) is 9.80 Å². The number of halogens is 2. The Morgan fingerprint density at radius 2 is 1.97 bits per heavy atom. The summed E-state index contributed by atoms with van der Waals surface area (Å²) in [5.41, 5.74) is 1.51. The molecule has 1 fully saturated rings. The van der Waals surface area contributed by atoms with Gasteiger partial charge in [0.25, 0.3) is 5.91 Å². The van der Waals surface area contributed by atoms with Gasteiger partial charge in [0.1, 0.15) is 13.2 Å². The van der Waals surface area contributed by atoms with Crippen LogP contribution < -0.4 is 4.74 Å². The largest absolute Gasteiger partial charge is 0.488 e. The number of para-hydroxylation sites is 1. The highest BCUT2D eigenvalue weighted by molar-refractivity contribution is 7.10. The van der Waals surface area contributed by atoms with Crippen molar-refractivity contribution in [2.75, 3.05) is 19.7 Å². The van der Waals surface area contributed by atoms with E-state index in [4.69, 9.17) is 16.3 Å². The van der Waals surface area contributed by atoms with Crippen molar-refractivity contribution >= 4 is 34.8 Å². The van der Waals surface area contributed by atoms with Gasteiger partial charge in [0.05, 0.1) is 6.04 Å². The van der Waals surface area contributed by atoms with E-state index < -0.39 is 5.82 Å². The van der Waals surface area contributed by atoms with Gasteiger partial charge in [-0.2, -0.15) is 0 Å². The summed E-state index contributed by atoms with van der Waals surface area (Å²) >= 11 is 7.74. The molecule has 1 unspecified atom stereocenters. The van der Waals surface area contributed by atoms with Crippen molar-refractivity contribution in [3.8, 4) is 5.75 Å². The fourth-order valence-electron chi connectivity index (χ4n) is 4.38. The Kier molecular flexibility index (Phi) is 6.57. The molecule has 2 heterocycles. The van der Waals surface area contributed by atoms with E-state index in [-0.39, 0.29) is 42.8 Å². The summed E-state index contributed by atoms with van der Waals surface area (Å²) in [5, 5.41) is 2.49. The number of carbonyl (C=O) groups excluding carboxylic acids is 2. The second-order valence-corrected chi connectivity index (χ2v) is 10.0. The molecule has 1 aliphatic heterocycles. The number of amides is 2. The Hall–Kier alpha value is -2.90. The van der Waals surface area contributed by atoms with Crippen LogP contribution in [0.3, 0.4) is 0 Å². The van der Waals surface area contributed by atoms with Gasteiger partial charge in [-0.3, -0.25) is 9.59 Å². The molecule has 2 amide bonds. The summed E-state index contributed by atoms with van der Waals surface area (Å²) in [7, 11) is 0. The number of carbonyl (C=O) groups is 2. The van der Waals surface area contributed by atoms with Gasteiger partial charge in [0.15, 0.2) is 11.6 Å². The molecule has 0 spiro atoms. The second-order valence-electron chi connectivity index (χ2n) is 8.57. The highest BCUT2D eigenvalue weighted by Gasteiger charge is 2.38. The average molecular weight is 499 g/mol. The van der Waals surface area contributed by atoms with Gasteiger partial charge in [-0.15, -0.1) is 11.3 Å². The van der Waals surface area contributed by atoms with E-state index in [1.54, 1.807) is 63.6 Å². The number of fused-ring (bicyclic) bond motifs is 1. The number of ether oxygens (including phenoxy) is 1. The molecule has 0 saturated heterocycles. The maximum absolute atomic E-state index is 14.1. The number of hydrogen-bond acceptors (Lipinski definition) is 4. The smallest absolute Gasteiger partial charge is 0.254 e. The first-order chi connectivity index (χ1) is 16.5. The van der Waals surface area contributed by atoms with Gasteiger partial charge < -0.3 is 14.5 Å². The molecule has 1 atom stereocenters. The van der Waals surface area contributed by atoms with Crippen molar-refractivity contribution in [2.45, 2.75) is 31.3 Å². The summed E-state index contributed by atoms with van der Waals surface area (Å²) in [6.45, 7) is 0.662. The van der Waals surface area contributed by atoms with Gasteiger partial charge in [0, 0.05) is 28.0 Å². The van der Waals surface area contributed by atoms with E-state index >= 15 is 0 Å². The van der Waals surface area contributed by atoms with Crippen LogP contribution in [0.2, 0.25) is 5.02 Å². The molecule has 1 saturated carbocycles. The van der Waals surface area contributed by atoms with Crippen LogP contribution in [0.5, 0.6) is 5.75 Å². The predicted octanol–water partition coefficient (Wildman–Crippen LogP) is 5.35. The third-order valence-corrected chi connectivity index (χ3v) is 7.51. The van der Waals surface area contributed by atoms with Crippen LogP contribution in [0.25, 0.3) is 0 Å². The normalized spacial score (nSPS) is 17.2. The minimum Gasteiger partial charge on any atom is -0.488 e. The average Bonchev–Trinajstić information content (AvgIpc) is 3.57. The van der Waals surface area contributed by atoms with E-state index in [0.717, 1.165) is 24.8 Å². The van der Waals surface area contributed by atoms with E-state index in [0.29, 0.717) is 17.1 Å². The third kappa shape index (κ3) is 4.81. The first kappa shape index (κ1) is 22.9. The van der Waals surface area contributed by atoms with Crippen molar-refractivity contribution in [2.24, 2.45) is 0 Å². The lowest BCUT2D eigenvalue weighted by atomic mass is 10.0. The van der Waals surface area contributed by atoms with Crippen LogP contribution in [0.4, 0.5) is 4.39 Å². The van der Waals surface area contributed by atoms with Crippen LogP contribution in [0, 0.1) is 5.82 Å². The predicted molar refractivity (Wildman–Crippen MR) is 130 cm³/mol. The van der Waals surface area contributed by atoms with Crippen molar-refractivity contribution < 1.29 is 18.7 Å². The number of benzene rings is 2. The summed E-state index contributed by atoms with van der Waals surface area (Å²) in [4.78, 5) is 31.4. The van der Waals surface area contributed by atoms with Crippen LogP contribution in [0.1, 0.15) is 39.7 Å². The molecular weight excluding hydrogens is 475 g/mol. The maximum atomic E-state index is 14.1. The van der Waals surface area contributed by atoms with E-state index in [2.05, 4.69) is 0 Å². The topological polar surface area (TPSA) is 49.9 Å². The monoisotopic (exact) mass is 498 g/mol. The summed E-state index contributed by atoms with van der Waals surface area (Å²) < 4.78 is 19.9. The Bertz CT molecular complexity index is 1210. The van der Waals surface area contributed by atoms with Crippen LogP contribution in [-0.2, 0) is 11.2 Å². The molecule has 0 N–H and O–H groups in total. The van der Waals surface area contributed by atoms with Crippen LogP contribution in [-0.4, -0.2) is 47.4 Å². The quantitative estimate of drug-likeness (QED) is 0.441.